The summed E-state index contributed by atoms with van der Waals surface area (Å²) in [5, 5.41) is 6.22. The highest BCUT2D eigenvalue weighted by Gasteiger charge is 2.14. The summed E-state index contributed by atoms with van der Waals surface area (Å²) in [6, 6.07) is 15.1. The number of hydrogen-bond donors (Lipinski definition) is 1. The minimum absolute atomic E-state index is 0.132. The molecular formula is C23H18N4O3S. The van der Waals surface area contributed by atoms with Crippen molar-refractivity contribution in [2.24, 2.45) is 0 Å². The number of anilines is 1. The number of thiazole rings is 1. The maximum absolute atomic E-state index is 12.9. The Hall–Kier alpha value is -3.78. The van der Waals surface area contributed by atoms with E-state index in [1.807, 2.05) is 60.8 Å². The molecule has 0 aliphatic rings. The zero-order valence-electron chi connectivity index (χ0n) is 16.7. The number of aromatic nitrogens is 3. The number of carbonyl (C=O) groups is 1. The van der Waals surface area contributed by atoms with Gasteiger partial charge in [-0.1, -0.05) is 29.8 Å². The van der Waals surface area contributed by atoms with E-state index >= 15 is 0 Å². The second kappa shape index (κ2) is 7.81. The van der Waals surface area contributed by atoms with Crippen molar-refractivity contribution in [3.63, 3.8) is 0 Å². The molecule has 0 aliphatic heterocycles. The molecule has 5 rings (SSSR count). The maximum Gasteiger partial charge on any atom is 0.297 e. The van der Waals surface area contributed by atoms with Crippen LogP contribution in [0.15, 0.2) is 69.5 Å². The Kier molecular flexibility index (Phi) is 4.83. The van der Waals surface area contributed by atoms with Crippen molar-refractivity contribution in [3.8, 4) is 0 Å². The van der Waals surface area contributed by atoms with Crippen molar-refractivity contribution in [2.45, 2.75) is 19.9 Å². The molecule has 0 saturated carbocycles. The fourth-order valence-corrected chi connectivity index (χ4v) is 4.17. The van der Waals surface area contributed by atoms with Gasteiger partial charge in [-0.25, -0.2) is 9.97 Å². The molecule has 0 atom stereocenters. The molecule has 1 amide bonds. The number of nitrogens with zero attached hydrogens (tertiary/aromatic N) is 3. The fraction of sp³-hybridized carbons (Fsp3) is 0.130. The Bertz CT molecular complexity index is 1460. The highest BCUT2D eigenvalue weighted by Crippen LogP contribution is 2.24. The molecule has 0 bridgehead atoms. The molecule has 0 unspecified atom stereocenters. The number of furan rings is 1. The number of aryl methyl sites for hydroxylation is 1. The molecule has 0 saturated heterocycles. The van der Waals surface area contributed by atoms with Gasteiger partial charge in [0.05, 0.1) is 25.0 Å². The number of nitrogens with one attached hydrogen (secondary N) is 1. The average molecular weight is 430 g/mol. The number of para-hydroxylation sites is 1. The van der Waals surface area contributed by atoms with E-state index in [-0.39, 0.29) is 30.0 Å². The molecule has 2 aromatic carbocycles. The van der Waals surface area contributed by atoms with Gasteiger partial charge in [0.2, 0.25) is 11.5 Å². The molecule has 0 radical (unpaired) electrons. The summed E-state index contributed by atoms with van der Waals surface area (Å²) in [6.07, 6.45) is 1.68. The second-order valence-electron chi connectivity index (χ2n) is 7.28. The van der Waals surface area contributed by atoms with Crippen molar-refractivity contribution in [3.05, 3.63) is 86.9 Å². The summed E-state index contributed by atoms with van der Waals surface area (Å²) in [5.74, 6) is -0.132. The van der Waals surface area contributed by atoms with Crippen LogP contribution in [0.5, 0.6) is 0 Å². The van der Waals surface area contributed by atoms with Gasteiger partial charge in [-0.2, -0.15) is 0 Å². The SMILES string of the molecule is Cc1ccc(NC(=O)Cc2nc(Cn3cnc4c(oc5ccccc54)c3=O)cs2)cc1. The van der Waals surface area contributed by atoms with Gasteiger partial charge in [-0.3, -0.25) is 14.2 Å². The summed E-state index contributed by atoms with van der Waals surface area (Å²) >= 11 is 1.39. The van der Waals surface area contributed by atoms with Crippen LogP contribution in [0.25, 0.3) is 22.1 Å². The Morgan fingerprint density at radius 2 is 1.97 bits per heavy atom. The van der Waals surface area contributed by atoms with E-state index in [0.29, 0.717) is 21.8 Å². The number of hydrogen-bond acceptors (Lipinski definition) is 6. The third-order valence-corrected chi connectivity index (χ3v) is 5.83. The summed E-state index contributed by atoms with van der Waals surface area (Å²) in [7, 11) is 0. The van der Waals surface area contributed by atoms with Gasteiger partial charge in [-0.15, -0.1) is 11.3 Å². The zero-order valence-corrected chi connectivity index (χ0v) is 17.5. The molecule has 8 heteroatoms. The lowest BCUT2D eigenvalue weighted by atomic mass is 10.2. The Labute approximate surface area is 181 Å². The Balaban J connectivity index is 1.32. The predicted octanol–water partition coefficient (Wildman–Crippen LogP) is 4.14. The first-order valence-electron chi connectivity index (χ1n) is 9.73. The fourth-order valence-electron chi connectivity index (χ4n) is 3.38. The van der Waals surface area contributed by atoms with Crippen LogP contribution >= 0.6 is 11.3 Å². The van der Waals surface area contributed by atoms with Crippen molar-refractivity contribution in [1.82, 2.24) is 14.5 Å². The predicted molar refractivity (Wildman–Crippen MR) is 121 cm³/mol. The van der Waals surface area contributed by atoms with Gasteiger partial charge < -0.3 is 9.73 Å². The molecule has 5 aromatic rings. The first kappa shape index (κ1) is 19.2. The number of amides is 1. The molecule has 3 heterocycles. The topological polar surface area (TPSA) is 90.0 Å². The summed E-state index contributed by atoms with van der Waals surface area (Å²) < 4.78 is 7.18. The van der Waals surface area contributed by atoms with Crippen molar-refractivity contribution in [1.29, 1.82) is 0 Å². The van der Waals surface area contributed by atoms with Gasteiger partial charge in [0, 0.05) is 16.5 Å². The smallest absolute Gasteiger partial charge is 0.297 e. The van der Waals surface area contributed by atoms with E-state index in [1.54, 1.807) is 0 Å². The molecule has 154 valence electrons. The summed E-state index contributed by atoms with van der Waals surface area (Å²) in [4.78, 5) is 34.1. The van der Waals surface area contributed by atoms with Gasteiger partial charge in [0.15, 0.2) is 0 Å². The minimum atomic E-state index is -0.257. The first-order valence-corrected chi connectivity index (χ1v) is 10.6. The molecule has 7 nitrogen and oxygen atoms in total. The Morgan fingerprint density at radius 1 is 1.16 bits per heavy atom. The minimum Gasteiger partial charge on any atom is -0.448 e. The van der Waals surface area contributed by atoms with E-state index in [9.17, 15) is 9.59 Å². The average Bonchev–Trinajstić information content (AvgIpc) is 3.36. The molecule has 3 aromatic heterocycles. The number of fused-ring (bicyclic) bond motifs is 3. The Morgan fingerprint density at radius 3 is 2.81 bits per heavy atom. The largest absolute Gasteiger partial charge is 0.448 e. The van der Waals surface area contributed by atoms with Crippen LogP contribution in [0.3, 0.4) is 0 Å². The molecule has 0 fully saturated rings. The van der Waals surface area contributed by atoms with Crippen LogP contribution in [0.4, 0.5) is 5.69 Å². The van der Waals surface area contributed by atoms with Crippen molar-refractivity contribution in [2.75, 3.05) is 5.32 Å². The third-order valence-electron chi connectivity index (χ3n) is 4.93. The van der Waals surface area contributed by atoms with Gasteiger partial charge in [0.25, 0.3) is 5.56 Å². The normalized spacial score (nSPS) is 11.3. The zero-order chi connectivity index (χ0) is 21.4. The molecule has 0 aliphatic carbocycles. The molecule has 1 N–H and O–H groups in total. The van der Waals surface area contributed by atoms with Crippen molar-refractivity contribution < 1.29 is 9.21 Å². The summed E-state index contributed by atoms with van der Waals surface area (Å²) in [5.41, 5.74) is 3.75. The van der Waals surface area contributed by atoms with E-state index in [4.69, 9.17) is 4.42 Å². The highest BCUT2D eigenvalue weighted by molar-refractivity contribution is 7.09. The number of benzene rings is 2. The lowest BCUT2D eigenvalue weighted by molar-refractivity contribution is -0.115. The van der Waals surface area contributed by atoms with Crippen molar-refractivity contribution >= 4 is 45.0 Å². The van der Waals surface area contributed by atoms with Crippen LogP contribution in [-0.2, 0) is 17.8 Å². The molecule has 0 spiro atoms. The van der Waals surface area contributed by atoms with E-state index in [1.165, 1.54) is 22.2 Å². The maximum atomic E-state index is 12.9. The van der Waals surface area contributed by atoms with E-state index in [2.05, 4.69) is 15.3 Å². The van der Waals surface area contributed by atoms with Crippen LogP contribution in [0.2, 0.25) is 0 Å². The highest BCUT2D eigenvalue weighted by atomic mass is 32.1. The van der Waals surface area contributed by atoms with Gasteiger partial charge >= 0.3 is 0 Å². The standard InChI is InChI=1S/C23H18N4O3S/c1-14-6-8-15(9-7-14)25-19(28)10-20-26-16(12-31-20)11-27-13-24-21-17-4-2-3-5-18(17)30-22(21)23(27)29/h2-9,12-13H,10-11H2,1H3,(H,25,28). The van der Waals surface area contributed by atoms with Crippen LogP contribution < -0.4 is 10.9 Å². The van der Waals surface area contributed by atoms with Crippen LogP contribution in [-0.4, -0.2) is 20.4 Å². The summed E-state index contributed by atoms with van der Waals surface area (Å²) in [6.45, 7) is 2.25. The lowest BCUT2D eigenvalue weighted by Gasteiger charge is -2.04. The lowest BCUT2D eigenvalue weighted by Crippen LogP contribution is -2.20. The monoisotopic (exact) mass is 430 g/mol. The van der Waals surface area contributed by atoms with E-state index in [0.717, 1.165) is 16.6 Å². The second-order valence-corrected chi connectivity index (χ2v) is 8.22. The first-order chi connectivity index (χ1) is 15.1. The van der Waals surface area contributed by atoms with Crippen LogP contribution in [0.1, 0.15) is 16.3 Å². The third kappa shape index (κ3) is 3.85. The quantitative estimate of drug-likeness (QED) is 0.453. The number of carbonyl (C=O) groups excluding carboxylic acids is 1. The van der Waals surface area contributed by atoms with E-state index < -0.39 is 0 Å². The molecular weight excluding hydrogens is 412 g/mol. The van der Waals surface area contributed by atoms with Gasteiger partial charge in [-0.05, 0) is 31.2 Å². The van der Waals surface area contributed by atoms with Gasteiger partial charge in [0.1, 0.15) is 16.1 Å². The number of rotatable bonds is 5. The molecule has 31 heavy (non-hydrogen) atoms. The van der Waals surface area contributed by atoms with Crippen LogP contribution in [0, 0.1) is 6.92 Å².